The van der Waals surface area contributed by atoms with Gasteiger partial charge in [0.2, 0.25) is 5.95 Å². The number of aromatic nitrogens is 2. The van der Waals surface area contributed by atoms with Crippen molar-refractivity contribution in [1.82, 2.24) is 14.9 Å². The van der Waals surface area contributed by atoms with Crippen LogP contribution in [0.1, 0.15) is 19.5 Å². The molecule has 1 aliphatic rings. The molecule has 0 aromatic carbocycles. The first-order chi connectivity index (χ1) is 9.85. The summed E-state index contributed by atoms with van der Waals surface area (Å²) in [4.78, 5) is 13.8. The highest BCUT2D eigenvalue weighted by Gasteiger charge is 2.20. The Kier molecular flexibility index (Phi) is 5.02. The Morgan fingerprint density at radius 1 is 1.14 bits per heavy atom. The zero-order valence-electron chi connectivity index (χ0n) is 13.8. The van der Waals surface area contributed by atoms with Gasteiger partial charge >= 0.3 is 0 Å². The van der Waals surface area contributed by atoms with Gasteiger partial charge in [0.1, 0.15) is 13.8 Å². The van der Waals surface area contributed by atoms with Crippen molar-refractivity contribution in [2.24, 2.45) is 0 Å². The molecule has 0 saturated carbocycles. The number of piperazine rings is 1. The van der Waals surface area contributed by atoms with E-state index in [0.29, 0.717) is 6.04 Å². The lowest BCUT2D eigenvalue weighted by Crippen LogP contribution is -2.49. The van der Waals surface area contributed by atoms with Crippen LogP contribution in [0.2, 0.25) is 19.6 Å². The van der Waals surface area contributed by atoms with E-state index in [2.05, 4.69) is 64.7 Å². The molecule has 0 N–H and O–H groups in total. The standard InChI is InChI=1S/C16H26N4Si/c1-14(2)19-9-11-20(12-10-19)16-17-8-6-15(18-16)7-13-21(3,4)5/h6,8,14H,9-12H2,1-5H3. The highest BCUT2D eigenvalue weighted by molar-refractivity contribution is 6.83. The van der Waals surface area contributed by atoms with Crippen LogP contribution < -0.4 is 4.90 Å². The molecule has 0 spiro atoms. The molecule has 4 nitrogen and oxygen atoms in total. The molecule has 0 atom stereocenters. The van der Waals surface area contributed by atoms with E-state index in [1.54, 1.807) is 0 Å². The third-order valence-corrected chi connectivity index (χ3v) is 4.41. The average molecular weight is 302 g/mol. The highest BCUT2D eigenvalue weighted by Crippen LogP contribution is 2.12. The molecule has 1 fully saturated rings. The fourth-order valence-corrected chi connectivity index (χ4v) is 2.76. The van der Waals surface area contributed by atoms with Crippen molar-refractivity contribution >= 4 is 14.0 Å². The van der Waals surface area contributed by atoms with Gasteiger partial charge in [-0.1, -0.05) is 25.6 Å². The Morgan fingerprint density at radius 2 is 1.81 bits per heavy atom. The van der Waals surface area contributed by atoms with Crippen molar-refractivity contribution in [3.63, 3.8) is 0 Å². The molecule has 2 rings (SSSR count). The lowest BCUT2D eigenvalue weighted by Gasteiger charge is -2.36. The minimum atomic E-state index is -1.36. The molecule has 21 heavy (non-hydrogen) atoms. The maximum Gasteiger partial charge on any atom is 0.226 e. The molecule has 0 aliphatic carbocycles. The highest BCUT2D eigenvalue weighted by atomic mass is 28.3. The lowest BCUT2D eigenvalue weighted by molar-refractivity contribution is 0.208. The Morgan fingerprint density at radius 3 is 2.38 bits per heavy atom. The molecule has 0 unspecified atom stereocenters. The van der Waals surface area contributed by atoms with Crippen LogP contribution in [0, 0.1) is 11.5 Å². The van der Waals surface area contributed by atoms with Gasteiger partial charge in [-0.25, -0.2) is 9.97 Å². The molecule has 1 saturated heterocycles. The quantitative estimate of drug-likeness (QED) is 0.619. The van der Waals surface area contributed by atoms with E-state index in [1.807, 2.05) is 12.3 Å². The van der Waals surface area contributed by atoms with E-state index >= 15 is 0 Å². The van der Waals surface area contributed by atoms with Crippen molar-refractivity contribution in [2.75, 3.05) is 31.1 Å². The second kappa shape index (κ2) is 6.59. The van der Waals surface area contributed by atoms with Gasteiger partial charge in [0, 0.05) is 38.4 Å². The maximum absolute atomic E-state index is 4.61. The van der Waals surface area contributed by atoms with Gasteiger partial charge in [-0.05, 0) is 19.9 Å². The van der Waals surface area contributed by atoms with Gasteiger partial charge < -0.3 is 4.90 Å². The van der Waals surface area contributed by atoms with Gasteiger partial charge in [0.15, 0.2) is 0 Å². The predicted octanol–water partition coefficient (Wildman–Crippen LogP) is 2.24. The fourth-order valence-electron chi connectivity index (χ4n) is 2.26. The molecular weight excluding hydrogens is 276 g/mol. The summed E-state index contributed by atoms with van der Waals surface area (Å²) in [7, 11) is -1.36. The Hall–Kier alpha value is -1.38. The lowest BCUT2D eigenvalue weighted by atomic mass is 10.2. The summed E-state index contributed by atoms with van der Waals surface area (Å²) in [6.45, 7) is 15.4. The number of anilines is 1. The van der Waals surface area contributed by atoms with Crippen molar-refractivity contribution in [2.45, 2.75) is 39.5 Å². The second-order valence-electron chi connectivity index (χ2n) is 6.86. The van der Waals surface area contributed by atoms with Crippen LogP contribution in [0.15, 0.2) is 12.3 Å². The minimum Gasteiger partial charge on any atom is -0.338 e. The molecule has 0 radical (unpaired) electrons. The van der Waals surface area contributed by atoms with Crippen LogP contribution in [0.3, 0.4) is 0 Å². The molecule has 1 aromatic rings. The normalized spacial score (nSPS) is 16.8. The van der Waals surface area contributed by atoms with Gasteiger partial charge in [0.05, 0.1) is 0 Å². The van der Waals surface area contributed by atoms with E-state index in [4.69, 9.17) is 0 Å². The summed E-state index contributed by atoms with van der Waals surface area (Å²) in [6.07, 6.45) is 1.82. The predicted molar refractivity (Wildman–Crippen MR) is 91.2 cm³/mol. The molecule has 5 heteroatoms. The molecular formula is C16H26N4Si. The van der Waals surface area contributed by atoms with Crippen LogP contribution in [0.25, 0.3) is 0 Å². The number of nitrogens with zero attached hydrogens (tertiary/aromatic N) is 4. The minimum absolute atomic E-state index is 0.613. The van der Waals surface area contributed by atoms with Crippen LogP contribution in [-0.2, 0) is 0 Å². The van der Waals surface area contributed by atoms with Crippen molar-refractivity contribution in [1.29, 1.82) is 0 Å². The maximum atomic E-state index is 4.61. The molecule has 114 valence electrons. The largest absolute Gasteiger partial charge is 0.338 e. The van der Waals surface area contributed by atoms with Crippen molar-refractivity contribution in [3.8, 4) is 11.5 Å². The molecule has 0 amide bonds. The topological polar surface area (TPSA) is 32.3 Å². The molecule has 1 aliphatic heterocycles. The van der Waals surface area contributed by atoms with Crippen molar-refractivity contribution < 1.29 is 0 Å². The Balaban J connectivity index is 2.06. The van der Waals surface area contributed by atoms with Crippen LogP contribution in [0.4, 0.5) is 5.95 Å². The summed E-state index contributed by atoms with van der Waals surface area (Å²) < 4.78 is 0. The van der Waals surface area contributed by atoms with Gasteiger partial charge in [-0.2, -0.15) is 0 Å². The first kappa shape index (κ1) is 16.0. The summed E-state index contributed by atoms with van der Waals surface area (Å²) in [6, 6.07) is 2.52. The van der Waals surface area contributed by atoms with E-state index in [0.717, 1.165) is 37.8 Å². The fraction of sp³-hybridized carbons (Fsp3) is 0.625. The van der Waals surface area contributed by atoms with Crippen LogP contribution in [-0.4, -0.2) is 55.2 Å². The summed E-state index contributed by atoms with van der Waals surface area (Å²) in [5.41, 5.74) is 4.20. The van der Waals surface area contributed by atoms with Crippen LogP contribution >= 0.6 is 0 Å². The van der Waals surface area contributed by atoms with E-state index in [-0.39, 0.29) is 0 Å². The third kappa shape index (κ3) is 4.83. The van der Waals surface area contributed by atoms with Gasteiger partial charge in [-0.3, -0.25) is 4.90 Å². The first-order valence-corrected chi connectivity index (χ1v) is 11.2. The number of hydrogen-bond acceptors (Lipinski definition) is 4. The molecule has 1 aromatic heterocycles. The monoisotopic (exact) mass is 302 g/mol. The van der Waals surface area contributed by atoms with E-state index in [9.17, 15) is 0 Å². The number of hydrogen-bond donors (Lipinski definition) is 0. The van der Waals surface area contributed by atoms with Crippen molar-refractivity contribution in [3.05, 3.63) is 18.0 Å². The smallest absolute Gasteiger partial charge is 0.226 e. The zero-order chi connectivity index (χ0) is 15.5. The first-order valence-electron chi connectivity index (χ1n) is 7.70. The third-order valence-electron chi connectivity index (χ3n) is 3.54. The summed E-state index contributed by atoms with van der Waals surface area (Å²) in [5.74, 6) is 4.03. The molecule has 0 bridgehead atoms. The Labute approximate surface area is 129 Å². The average Bonchev–Trinajstić information content (AvgIpc) is 2.45. The second-order valence-corrected chi connectivity index (χ2v) is 11.6. The van der Waals surface area contributed by atoms with Gasteiger partial charge in [-0.15, -0.1) is 5.54 Å². The Bertz CT molecular complexity index is 531. The summed E-state index contributed by atoms with van der Waals surface area (Å²) in [5, 5.41) is 0. The molecule has 2 heterocycles. The SMILES string of the molecule is CC(C)N1CCN(c2nccc(C#C[Si](C)(C)C)n2)CC1. The van der Waals surface area contributed by atoms with Gasteiger partial charge in [0.25, 0.3) is 0 Å². The van der Waals surface area contributed by atoms with E-state index < -0.39 is 8.07 Å². The van der Waals surface area contributed by atoms with Crippen LogP contribution in [0.5, 0.6) is 0 Å². The number of rotatable bonds is 2. The van der Waals surface area contributed by atoms with E-state index in [1.165, 1.54) is 0 Å². The zero-order valence-corrected chi connectivity index (χ0v) is 14.8. The summed E-state index contributed by atoms with van der Waals surface area (Å²) >= 11 is 0.